The minimum atomic E-state index is 0. The van der Waals surface area contributed by atoms with Crippen molar-refractivity contribution in [1.82, 2.24) is 14.8 Å². The smallest absolute Gasteiger partial charge is 0.194 e. The molecule has 1 aromatic carbocycles. The van der Waals surface area contributed by atoms with E-state index < -0.39 is 0 Å². The maximum atomic E-state index is 5.57. The number of ether oxygens (including phenoxy) is 1. The van der Waals surface area contributed by atoms with Crippen molar-refractivity contribution in [1.29, 1.82) is 0 Å². The van der Waals surface area contributed by atoms with Gasteiger partial charge in [0.1, 0.15) is 5.75 Å². The second kappa shape index (κ2) is 9.85. The molecule has 1 aliphatic heterocycles. The minimum absolute atomic E-state index is 0. The molecule has 0 saturated carbocycles. The highest BCUT2D eigenvalue weighted by Gasteiger charge is 2.12. The number of halogens is 1. The molecule has 0 fully saturated rings. The zero-order valence-electron chi connectivity index (χ0n) is 15.9. The Balaban J connectivity index is 0.00000243. The summed E-state index contributed by atoms with van der Waals surface area (Å²) in [6.07, 6.45) is 4.04. The van der Waals surface area contributed by atoms with Crippen LogP contribution in [0.1, 0.15) is 23.7 Å². The Hall–Kier alpha value is -1.70. The van der Waals surface area contributed by atoms with E-state index >= 15 is 0 Å². The van der Waals surface area contributed by atoms with Crippen molar-refractivity contribution in [3.8, 4) is 5.75 Å². The molecule has 0 bridgehead atoms. The Morgan fingerprint density at radius 1 is 1.35 bits per heavy atom. The molecule has 5 nitrogen and oxygen atoms in total. The van der Waals surface area contributed by atoms with Crippen molar-refractivity contribution in [2.75, 3.05) is 26.7 Å². The van der Waals surface area contributed by atoms with E-state index in [4.69, 9.17) is 9.73 Å². The maximum Gasteiger partial charge on any atom is 0.194 e. The van der Waals surface area contributed by atoms with Crippen molar-refractivity contribution in [3.63, 3.8) is 0 Å². The van der Waals surface area contributed by atoms with Crippen LogP contribution in [0, 0.1) is 0 Å². The number of nitrogens with zero attached hydrogens (tertiary/aromatic N) is 3. The Bertz CT molecular complexity index is 741. The normalized spacial score (nSPS) is 13.0. The molecule has 0 spiro atoms. The minimum Gasteiger partial charge on any atom is -0.493 e. The van der Waals surface area contributed by atoms with Gasteiger partial charge in [0, 0.05) is 45.5 Å². The van der Waals surface area contributed by atoms with Gasteiger partial charge in [-0.05, 0) is 42.7 Å². The Kier molecular flexibility index (Phi) is 7.81. The summed E-state index contributed by atoms with van der Waals surface area (Å²) in [6.45, 7) is 5.40. The van der Waals surface area contributed by atoms with Crippen molar-refractivity contribution >= 4 is 29.9 Å². The van der Waals surface area contributed by atoms with Crippen LogP contribution in [-0.4, -0.2) is 42.2 Å². The van der Waals surface area contributed by atoms with Gasteiger partial charge in [0.2, 0.25) is 0 Å². The number of aromatic nitrogens is 1. The molecule has 6 heteroatoms. The average Bonchev–Trinajstić information content (AvgIpc) is 3.23. The zero-order valence-corrected chi connectivity index (χ0v) is 18.2. The maximum absolute atomic E-state index is 5.57. The van der Waals surface area contributed by atoms with Gasteiger partial charge >= 0.3 is 0 Å². The third-order valence-corrected chi connectivity index (χ3v) is 4.56. The second-order valence-corrected chi connectivity index (χ2v) is 6.49. The van der Waals surface area contributed by atoms with Gasteiger partial charge in [0.05, 0.1) is 13.2 Å². The van der Waals surface area contributed by atoms with E-state index in [2.05, 4.69) is 72.3 Å². The Labute approximate surface area is 173 Å². The van der Waals surface area contributed by atoms with Crippen LogP contribution in [0.4, 0.5) is 0 Å². The van der Waals surface area contributed by atoms with Gasteiger partial charge in [0.25, 0.3) is 0 Å². The number of benzene rings is 1. The summed E-state index contributed by atoms with van der Waals surface area (Å²) in [7, 11) is 4.16. The predicted octanol–water partition coefficient (Wildman–Crippen LogP) is 3.22. The van der Waals surface area contributed by atoms with Crippen LogP contribution in [0.5, 0.6) is 5.75 Å². The van der Waals surface area contributed by atoms with Gasteiger partial charge in [-0.15, -0.1) is 24.0 Å². The molecule has 2 heterocycles. The van der Waals surface area contributed by atoms with Gasteiger partial charge in [-0.1, -0.05) is 12.1 Å². The molecule has 1 N–H and O–H groups in total. The third kappa shape index (κ3) is 5.16. The van der Waals surface area contributed by atoms with E-state index in [0.29, 0.717) is 0 Å². The molecule has 2 aromatic rings. The number of fused-ring (bicyclic) bond motifs is 1. The monoisotopic (exact) mass is 468 g/mol. The standard InChI is InChI=1S/C20H28N4O.HI/c1-4-21-20(24(3)15-18-6-5-12-23(18)2)22-11-9-16-7-8-19-17(14-16)10-13-25-19;/h5-8,12,14H,4,9-11,13,15H2,1-3H3,(H,21,22);1H. The average molecular weight is 468 g/mol. The van der Waals surface area contributed by atoms with Gasteiger partial charge in [-0.2, -0.15) is 0 Å². The van der Waals surface area contributed by atoms with Crippen LogP contribution in [-0.2, 0) is 26.4 Å². The lowest BCUT2D eigenvalue weighted by Gasteiger charge is -2.22. The highest BCUT2D eigenvalue weighted by Crippen LogP contribution is 2.25. The molecule has 142 valence electrons. The van der Waals surface area contributed by atoms with Crippen LogP contribution in [0.15, 0.2) is 41.5 Å². The van der Waals surface area contributed by atoms with Crippen LogP contribution in [0.25, 0.3) is 0 Å². The van der Waals surface area contributed by atoms with Crippen LogP contribution >= 0.6 is 24.0 Å². The number of guanidine groups is 1. The van der Waals surface area contributed by atoms with Crippen LogP contribution in [0.2, 0.25) is 0 Å². The van der Waals surface area contributed by atoms with Gasteiger partial charge < -0.3 is 19.5 Å². The van der Waals surface area contributed by atoms with Crippen LogP contribution in [0.3, 0.4) is 0 Å². The van der Waals surface area contributed by atoms with E-state index in [0.717, 1.165) is 50.8 Å². The van der Waals surface area contributed by atoms with Gasteiger partial charge in [-0.25, -0.2) is 0 Å². The molecule has 0 unspecified atom stereocenters. The van der Waals surface area contributed by atoms with E-state index in [1.807, 2.05) is 0 Å². The summed E-state index contributed by atoms with van der Waals surface area (Å²) in [5.74, 6) is 2.00. The Morgan fingerprint density at radius 2 is 2.19 bits per heavy atom. The van der Waals surface area contributed by atoms with Crippen molar-refractivity contribution in [2.24, 2.45) is 12.0 Å². The number of hydrogen-bond acceptors (Lipinski definition) is 2. The first-order chi connectivity index (χ1) is 12.2. The lowest BCUT2D eigenvalue weighted by molar-refractivity contribution is 0.357. The van der Waals surface area contributed by atoms with E-state index in [1.165, 1.54) is 16.8 Å². The summed E-state index contributed by atoms with van der Waals surface area (Å²) in [6, 6.07) is 10.7. The predicted molar refractivity (Wildman–Crippen MR) is 118 cm³/mol. The highest BCUT2D eigenvalue weighted by molar-refractivity contribution is 14.0. The third-order valence-electron chi connectivity index (χ3n) is 4.56. The summed E-state index contributed by atoms with van der Waals surface area (Å²) in [5, 5.41) is 3.39. The number of hydrogen-bond donors (Lipinski definition) is 1. The zero-order chi connectivity index (χ0) is 17.6. The van der Waals surface area contributed by atoms with Gasteiger partial charge in [-0.3, -0.25) is 4.99 Å². The fraction of sp³-hybridized carbons (Fsp3) is 0.450. The highest BCUT2D eigenvalue weighted by atomic mass is 127. The molecule has 0 saturated heterocycles. The lowest BCUT2D eigenvalue weighted by Crippen LogP contribution is -2.39. The van der Waals surface area contributed by atoms with Crippen molar-refractivity contribution < 1.29 is 4.74 Å². The van der Waals surface area contributed by atoms with Crippen LogP contribution < -0.4 is 10.1 Å². The van der Waals surface area contributed by atoms with E-state index in [-0.39, 0.29) is 24.0 Å². The molecule has 0 amide bonds. The first-order valence-corrected chi connectivity index (χ1v) is 9.01. The van der Waals surface area contributed by atoms with Crippen molar-refractivity contribution in [3.05, 3.63) is 53.3 Å². The summed E-state index contributed by atoms with van der Waals surface area (Å²) < 4.78 is 7.72. The fourth-order valence-corrected chi connectivity index (χ4v) is 3.13. The Morgan fingerprint density at radius 3 is 2.92 bits per heavy atom. The number of aryl methyl sites for hydroxylation is 1. The lowest BCUT2D eigenvalue weighted by atomic mass is 10.1. The largest absolute Gasteiger partial charge is 0.493 e. The molecule has 3 rings (SSSR count). The molecule has 1 aliphatic rings. The number of nitrogens with one attached hydrogen (secondary N) is 1. The summed E-state index contributed by atoms with van der Waals surface area (Å²) in [4.78, 5) is 6.98. The molecular weight excluding hydrogens is 439 g/mol. The first-order valence-electron chi connectivity index (χ1n) is 9.01. The topological polar surface area (TPSA) is 41.8 Å². The molecule has 26 heavy (non-hydrogen) atoms. The quantitative estimate of drug-likeness (QED) is 0.402. The van der Waals surface area contributed by atoms with Gasteiger partial charge in [0.15, 0.2) is 5.96 Å². The summed E-state index contributed by atoms with van der Waals surface area (Å²) >= 11 is 0. The molecule has 0 aliphatic carbocycles. The first kappa shape index (κ1) is 20.6. The molecule has 0 atom stereocenters. The summed E-state index contributed by atoms with van der Waals surface area (Å²) in [5.41, 5.74) is 3.93. The van der Waals surface area contributed by atoms with E-state index in [1.54, 1.807) is 0 Å². The van der Waals surface area contributed by atoms with Crippen molar-refractivity contribution in [2.45, 2.75) is 26.3 Å². The SMILES string of the molecule is CCNC(=NCCc1ccc2c(c1)CCO2)N(C)Cc1cccn1C.I. The molecule has 1 aromatic heterocycles. The second-order valence-electron chi connectivity index (χ2n) is 6.49. The van der Waals surface area contributed by atoms with E-state index in [9.17, 15) is 0 Å². The number of aliphatic imine (C=N–C) groups is 1. The number of rotatable bonds is 6. The molecular formula is C20H29IN4O. The molecule has 0 radical (unpaired) electrons. The fourth-order valence-electron chi connectivity index (χ4n) is 3.13.